The molecule has 2 heterocycles. The largest absolute Gasteiger partial charge is 0.316 e. The highest BCUT2D eigenvalue weighted by atomic mass is 79.9. The highest BCUT2D eigenvalue weighted by Crippen LogP contribution is 2.24. The van der Waals surface area contributed by atoms with Gasteiger partial charge in [-0.3, -0.25) is 4.68 Å². The number of rotatable bonds is 7. The standard InChI is InChI=1S/C16H24BrN3S/c1-11(2)9-18-7-5-14-12(3)19-20(13(14)4)10-16-15(17)6-8-21-16/h6,8,11,18H,5,7,9-10H2,1-4H3. The van der Waals surface area contributed by atoms with E-state index in [1.165, 1.54) is 20.6 Å². The first-order chi connectivity index (χ1) is 9.99. The second-order valence-electron chi connectivity index (χ2n) is 5.85. The maximum absolute atomic E-state index is 4.71. The van der Waals surface area contributed by atoms with Crippen molar-refractivity contribution < 1.29 is 0 Å². The van der Waals surface area contributed by atoms with Gasteiger partial charge < -0.3 is 5.32 Å². The van der Waals surface area contributed by atoms with E-state index in [1.54, 1.807) is 11.3 Å². The van der Waals surface area contributed by atoms with E-state index in [1.807, 2.05) is 0 Å². The minimum atomic E-state index is 0.700. The lowest BCUT2D eigenvalue weighted by molar-refractivity contribution is 0.553. The molecule has 0 amide bonds. The van der Waals surface area contributed by atoms with Crippen LogP contribution in [0.15, 0.2) is 15.9 Å². The topological polar surface area (TPSA) is 29.9 Å². The van der Waals surface area contributed by atoms with Crippen LogP contribution in [-0.4, -0.2) is 22.9 Å². The molecule has 0 bridgehead atoms. The Morgan fingerprint density at radius 3 is 2.76 bits per heavy atom. The molecule has 0 aliphatic rings. The van der Waals surface area contributed by atoms with Gasteiger partial charge >= 0.3 is 0 Å². The van der Waals surface area contributed by atoms with Gasteiger partial charge in [0, 0.05) is 15.0 Å². The first-order valence-corrected chi connectivity index (χ1v) is 9.11. The quantitative estimate of drug-likeness (QED) is 0.742. The van der Waals surface area contributed by atoms with Crippen LogP contribution in [-0.2, 0) is 13.0 Å². The van der Waals surface area contributed by atoms with Gasteiger partial charge in [-0.25, -0.2) is 0 Å². The van der Waals surface area contributed by atoms with Crippen molar-refractivity contribution in [3.05, 3.63) is 37.7 Å². The number of nitrogens with one attached hydrogen (secondary N) is 1. The molecular formula is C16H24BrN3S. The van der Waals surface area contributed by atoms with Gasteiger partial charge in [-0.05, 0) is 72.2 Å². The van der Waals surface area contributed by atoms with Crippen LogP contribution in [0.3, 0.4) is 0 Å². The summed E-state index contributed by atoms with van der Waals surface area (Å²) >= 11 is 5.37. The Labute approximate surface area is 139 Å². The molecular weight excluding hydrogens is 346 g/mol. The first kappa shape index (κ1) is 16.7. The fourth-order valence-corrected chi connectivity index (χ4v) is 3.89. The Morgan fingerprint density at radius 1 is 1.38 bits per heavy atom. The van der Waals surface area contributed by atoms with Crippen LogP contribution in [0.1, 0.15) is 35.7 Å². The maximum Gasteiger partial charge on any atom is 0.0766 e. The minimum Gasteiger partial charge on any atom is -0.316 e. The van der Waals surface area contributed by atoms with Crippen LogP contribution in [0.2, 0.25) is 0 Å². The average molecular weight is 370 g/mol. The van der Waals surface area contributed by atoms with Crippen LogP contribution in [0.25, 0.3) is 0 Å². The molecule has 0 aliphatic carbocycles. The number of aryl methyl sites for hydroxylation is 1. The lowest BCUT2D eigenvalue weighted by atomic mass is 10.1. The molecule has 0 atom stereocenters. The molecule has 21 heavy (non-hydrogen) atoms. The van der Waals surface area contributed by atoms with E-state index in [9.17, 15) is 0 Å². The summed E-state index contributed by atoms with van der Waals surface area (Å²) in [5.74, 6) is 0.700. The molecule has 0 spiro atoms. The summed E-state index contributed by atoms with van der Waals surface area (Å²) in [6, 6.07) is 2.10. The van der Waals surface area contributed by atoms with Crippen molar-refractivity contribution in [2.24, 2.45) is 5.92 Å². The summed E-state index contributed by atoms with van der Waals surface area (Å²) in [5, 5.41) is 10.3. The molecule has 0 aromatic carbocycles. The third-order valence-electron chi connectivity index (χ3n) is 3.62. The van der Waals surface area contributed by atoms with Gasteiger partial charge in [0.05, 0.1) is 12.2 Å². The molecule has 5 heteroatoms. The normalized spacial score (nSPS) is 11.5. The van der Waals surface area contributed by atoms with E-state index in [0.29, 0.717) is 5.92 Å². The fourth-order valence-electron chi connectivity index (χ4n) is 2.43. The molecule has 0 aliphatic heterocycles. The zero-order valence-electron chi connectivity index (χ0n) is 13.2. The molecule has 0 radical (unpaired) electrons. The van der Waals surface area contributed by atoms with Crippen molar-refractivity contribution in [1.29, 1.82) is 0 Å². The lowest BCUT2D eigenvalue weighted by Gasteiger charge is -2.08. The van der Waals surface area contributed by atoms with Gasteiger partial charge in [-0.2, -0.15) is 5.10 Å². The summed E-state index contributed by atoms with van der Waals surface area (Å²) in [5.41, 5.74) is 3.84. The van der Waals surface area contributed by atoms with Crippen molar-refractivity contribution in [3.8, 4) is 0 Å². The molecule has 0 fully saturated rings. The van der Waals surface area contributed by atoms with Gasteiger partial charge in [-0.15, -0.1) is 11.3 Å². The molecule has 0 saturated carbocycles. The summed E-state index contributed by atoms with van der Waals surface area (Å²) in [6.45, 7) is 11.7. The smallest absolute Gasteiger partial charge is 0.0766 e. The van der Waals surface area contributed by atoms with E-state index >= 15 is 0 Å². The zero-order chi connectivity index (χ0) is 15.4. The summed E-state index contributed by atoms with van der Waals surface area (Å²) in [6.07, 6.45) is 1.05. The molecule has 2 aromatic rings. The lowest BCUT2D eigenvalue weighted by Crippen LogP contribution is -2.22. The Hall–Kier alpha value is -0.650. The first-order valence-electron chi connectivity index (χ1n) is 7.44. The van der Waals surface area contributed by atoms with Crippen molar-refractivity contribution in [3.63, 3.8) is 0 Å². The Kier molecular flexibility index (Phi) is 6.02. The highest BCUT2D eigenvalue weighted by molar-refractivity contribution is 9.10. The summed E-state index contributed by atoms with van der Waals surface area (Å²) < 4.78 is 3.31. The number of aromatic nitrogens is 2. The van der Waals surface area contributed by atoms with Gasteiger partial charge in [0.15, 0.2) is 0 Å². The van der Waals surface area contributed by atoms with Gasteiger partial charge in [0.25, 0.3) is 0 Å². The molecule has 1 N–H and O–H groups in total. The zero-order valence-corrected chi connectivity index (χ0v) is 15.6. The summed E-state index contributed by atoms with van der Waals surface area (Å²) in [4.78, 5) is 1.32. The van der Waals surface area contributed by atoms with Crippen molar-refractivity contribution in [2.75, 3.05) is 13.1 Å². The second kappa shape index (κ2) is 7.56. The molecule has 0 saturated heterocycles. The molecule has 2 rings (SSSR count). The van der Waals surface area contributed by atoms with Crippen LogP contribution in [0, 0.1) is 19.8 Å². The second-order valence-corrected chi connectivity index (χ2v) is 7.70. The maximum atomic E-state index is 4.71. The monoisotopic (exact) mass is 369 g/mol. The van der Waals surface area contributed by atoms with Crippen molar-refractivity contribution in [1.82, 2.24) is 15.1 Å². The molecule has 2 aromatic heterocycles. The van der Waals surface area contributed by atoms with E-state index in [0.717, 1.165) is 31.7 Å². The predicted molar refractivity (Wildman–Crippen MR) is 94.2 cm³/mol. The van der Waals surface area contributed by atoms with Gasteiger partial charge in [-0.1, -0.05) is 13.8 Å². The Morgan fingerprint density at radius 2 is 2.14 bits per heavy atom. The molecule has 116 valence electrons. The number of thiophene rings is 1. The average Bonchev–Trinajstić information content (AvgIpc) is 2.92. The number of nitrogens with zero attached hydrogens (tertiary/aromatic N) is 2. The number of hydrogen-bond donors (Lipinski definition) is 1. The number of halogens is 1. The predicted octanol–water partition coefficient (Wildman–Crippen LogP) is 4.16. The highest BCUT2D eigenvalue weighted by Gasteiger charge is 2.13. The van der Waals surface area contributed by atoms with Crippen LogP contribution in [0.5, 0.6) is 0 Å². The third-order valence-corrected chi connectivity index (χ3v) is 5.53. The van der Waals surface area contributed by atoms with Crippen molar-refractivity contribution in [2.45, 2.75) is 40.7 Å². The fraction of sp³-hybridized carbons (Fsp3) is 0.562. The SMILES string of the molecule is Cc1nn(Cc2sccc2Br)c(C)c1CCNCC(C)C. The molecule has 0 unspecified atom stereocenters. The van der Waals surface area contributed by atoms with Gasteiger partial charge in [0.1, 0.15) is 0 Å². The number of hydrogen-bond acceptors (Lipinski definition) is 3. The van der Waals surface area contributed by atoms with E-state index in [-0.39, 0.29) is 0 Å². The van der Waals surface area contributed by atoms with Crippen LogP contribution >= 0.6 is 27.3 Å². The summed E-state index contributed by atoms with van der Waals surface area (Å²) in [7, 11) is 0. The van der Waals surface area contributed by atoms with E-state index in [4.69, 9.17) is 5.10 Å². The Bertz CT molecular complexity index is 586. The Balaban J connectivity index is 2.02. The van der Waals surface area contributed by atoms with Crippen molar-refractivity contribution >= 4 is 27.3 Å². The van der Waals surface area contributed by atoms with Gasteiger partial charge in [0.2, 0.25) is 0 Å². The third kappa shape index (κ3) is 4.41. The van der Waals surface area contributed by atoms with E-state index in [2.05, 4.69) is 65.1 Å². The molecule has 3 nitrogen and oxygen atoms in total. The van der Waals surface area contributed by atoms with Crippen LogP contribution < -0.4 is 5.32 Å². The van der Waals surface area contributed by atoms with E-state index < -0.39 is 0 Å². The minimum absolute atomic E-state index is 0.700. The van der Waals surface area contributed by atoms with Crippen LogP contribution in [0.4, 0.5) is 0 Å².